The fourth-order valence-electron chi connectivity index (χ4n) is 2.14. The molecule has 5 nitrogen and oxygen atoms in total. The first kappa shape index (κ1) is 17.3. The van der Waals surface area contributed by atoms with E-state index in [1.807, 2.05) is 0 Å². The van der Waals surface area contributed by atoms with Gasteiger partial charge in [-0.05, 0) is 31.4 Å². The number of hydrogen-bond acceptors (Lipinski definition) is 4. The van der Waals surface area contributed by atoms with Crippen molar-refractivity contribution in [3.8, 4) is 0 Å². The molecule has 0 bridgehead atoms. The first-order valence-electron chi connectivity index (χ1n) is 7.12. The Morgan fingerprint density at radius 3 is 2.64 bits per heavy atom. The third-order valence-electron chi connectivity index (χ3n) is 3.23. The van der Waals surface area contributed by atoms with E-state index in [0.29, 0.717) is 25.7 Å². The molecule has 8 heteroatoms. The minimum absolute atomic E-state index is 0.131. The lowest BCUT2D eigenvalue weighted by atomic mass is 10.2. The van der Waals surface area contributed by atoms with Gasteiger partial charge < -0.3 is 9.47 Å². The monoisotopic (exact) mass is 335 g/mol. The van der Waals surface area contributed by atoms with Crippen molar-refractivity contribution < 1.29 is 26.7 Å². The Bertz CT molecular complexity index is 568. The maximum Gasteiger partial charge on any atom is 0.240 e. The summed E-state index contributed by atoms with van der Waals surface area (Å²) >= 11 is 0. The highest BCUT2D eigenvalue weighted by Gasteiger charge is 2.17. The van der Waals surface area contributed by atoms with E-state index in [2.05, 4.69) is 4.72 Å². The number of hydrogen-bond donors (Lipinski definition) is 1. The molecule has 1 fully saturated rings. The maximum absolute atomic E-state index is 13.0. The molecule has 0 aromatic heterocycles. The molecule has 124 valence electrons. The molecule has 0 radical (unpaired) electrons. The fraction of sp³-hybridized carbons (Fsp3) is 0.571. The summed E-state index contributed by atoms with van der Waals surface area (Å²) in [7, 11) is -3.92. The van der Waals surface area contributed by atoms with Gasteiger partial charge in [0.1, 0.15) is 11.6 Å². The van der Waals surface area contributed by atoms with Crippen LogP contribution in [0, 0.1) is 11.6 Å². The Kier molecular flexibility index (Phi) is 6.25. The van der Waals surface area contributed by atoms with Crippen LogP contribution in [0.4, 0.5) is 8.78 Å². The smallest absolute Gasteiger partial charge is 0.240 e. The molecular weight excluding hydrogens is 316 g/mol. The molecule has 1 heterocycles. The number of ether oxygens (including phenoxy) is 2. The van der Waals surface area contributed by atoms with Crippen molar-refractivity contribution in [1.29, 1.82) is 0 Å². The largest absolute Gasteiger partial charge is 0.379 e. The van der Waals surface area contributed by atoms with E-state index in [1.165, 1.54) is 0 Å². The van der Waals surface area contributed by atoms with Gasteiger partial charge in [0.25, 0.3) is 0 Å². The molecule has 0 spiro atoms. The van der Waals surface area contributed by atoms with Gasteiger partial charge in [0.05, 0.1) is 17.6 Å². The molecule has 0 aliphatic carbocycles. The second-order valence-electron chi connectivity index (χ2n) is 5.07. The predicted octanol–water partition coefficient (Wildman–Crippen LogP) is 1.83. The van der Waals surface area contributed by atoms with Crippen LogP contribution >= 0.6 is 0 Å². The standard InChI is InChI=1S/C14H19F2NO4S/c15-11-7-12(16)9-14(8-11)22(18,19)17-4-2-5-20-10-13-3-1-6-21-13/h7-9,13,17H,1-6,10H2/t13-/m0/s1. The average molecular weight is 335 g/mol. The number of sulfonamides is 1. The van der Waals surface area contributed by atoms with Gasteiger partial charge in [0, 0.05) is 25.8 Å². The summed E-state index contributed by atoms with van der Waals surface area (Å²) in [5.74, 6) is -1.86. The number of rotatable bonds is 8. The van der Waals surface area contributed by atoms with Crippen LogP contribution in [-0.2, 0) is 19.5 Å². The highest BCUT2D eigenvalue weighted by molar-refractivity contribution is 7.89. The normalized spacial score (nSPS) is 18.7. The topological polar surface area (TPSA) is 64.6 Å². The van der Waals surface area contributed by atoms with Gasteiger partial charge >= 0.3 is 0 Å². The van der Waals surface area contributed by atoms with Gasteiger partial charge in [-0.2, -0.15) is 0 Å². The lowest BCUT2D eigenvalue weighted by Crippen LogP contribution is -2.26. The fourth-order valence-corrected chi connectivity index (χ4v) is 3.25. The Morgan fingerprint density at radius 1 is 1.27 bits per heavy atom. The van der Waals surface area contributed by atoms with Crippen LogP contribution in [0.3, 0.4) is 0 Å². The molecule has 22 heavy (non-hydrogen) atoms. The summed E-state index contributed by atoms with van der Waals surface area (Å²) in [4.78, 5) is -0.426. The van der Waals surface area contributed by atoms with E-state index in [9.17, 15) is 17.2 Å². The van der Waals surface area contributed by atoms with Crippen LogP contribution in [0.2, 0.25) is 0 Å². The summed E-state index contributed by atoms with van der Waals surface area (Å²) in [5, 5.41) is 0. The number of nitrogens with one attached hydrogen (secondary N) is 1. The average Bonchev–Trinajstić information content (AvgIpc) is 2.95. The molecule has 1 aliphatic rings. The van der Waals surface area contributed by atoms with Crippen molar-refractivity contribution in [2.45, 2.75) is 30.3 Å². The molecule has 1 atom stereocenters. The zero-order valence-electron chi connectivity index (χ0n) is 12.1. The Hall–Kier alpha value is -1.09. The first-order valence-corrected chi connectivity index (χ1v) is 8.61. The van der Waals surface area contributed by atoms with Gasteiger partial charge in [0.15, 0.2) is 0 Å². The SMILES string of the molecule is O=S(=O)(NCCCOC[C@@H]1CCCO1)c1cc(F)cc(F)c1. The third kappa shape index (κ3) is 5.28. The molecule has 1 N–H and O–H groups in total. The van der Waals surface area contributed by atoms with Crippen molar-refractivity contribution in [3.63, 3.8) is 0 Å². The lowest BCUT2D eigenvalue weighted by Gasteiger charge is -2.10. The summed E-state index contributed by atoms with van der Waals surface area (Å²) in [6.45, 7) is 1.78. The van der Waals surface area contributed by atoms with E-state index < -0.39 is 26.6 Å². The van der Waals surface area contributed by atoms with Crippen molar-refractivity contribution in [2.75, 3.05) is 26.4 Å². The van der Waals surface area contributed by atoms with E-state index in [1.54, 1.807) is 0 Å². The van der Waals surface area contributed by atoms with Crippen LogP contribution in [0.5, 0.6) is 0 Å². The molecule has 1 saturated heterocycles. The minimum Gasteiger partial charge on any atom is -0.379 e. The van der Waals surface area contributed by atoms with Crippen LogP contribution in [0.25, 0.3) is 0 Å². The van der Waals surface area contributed by atoms with Crippen LogP contribution in [-0.4, -0.2) is 40.9 Å². The van der Waals surface area contributed by atoms with Gasteiger partial charge in [-0.3, -0.25) is 0 Å². The van der Waals surface area contributed by atoms with Gasteiger partial charge in [0.2, 0.25) is 10.0 Å². The minimum atomic E-state index is -3.92. The van der Waals surface area contributed by atoms with Crippen LogP contribution < -0.4 is 4.72 Å². The molecule has 0 unspecified atom stereocenters. The summed E-state index contributed by atoms with van der Waals surface area (Å²) in [6.07, 6.45) is 2.62. The quantitative estimate of drug-likeness (QED) is 0.736. The lowest BCUT2D eigenvalue weighted by molar-refractivity contribution is 0.0169. The second-order valence-corrected chi connectivity index (χ2v) is 6.83. The Balaban J connectivity index is 1.70. The molecule has 1 aromatic carbocycles. The zero-order valence-corrected chi connectivity index (χ0v) is 12.9. The summed E-state index contributed by atoms with van der Waals surface area (Å²) < 4.78 is 62.9. The molecular formula is C14H19F2NO4S. The summed E-state index contributed by atoms with van der Waals surface area (Å²) in [5.41, 5.74) is 0. The summed E-state index contributed by atoms with van der Waals surface area (Å²) in [6, 6.07) is 2.18. The van der Waals surface area contributed by atoms with Gasteiger partial charge in [-0.15, -0.1) is 0 Å². The van der Waals surface area contributed by atoms with Crippen molar-refractivity contribution in [1.82, 2.24) is 4.72 Å². The van der Waals surface area contributed by atoms with Crippen molar-refractivity contribution in [3.05, 3.63) is 29.8 Å². The number of benzene rings is 1. The third-order valence-corrected chi connectivity index (χ3v) is 4.67. The Morgan fingerprint density at radius 2 is 2.00 bits per heavy atom. The van der Waals surface area contributed by atoms with Crippen LogP contribution in [0.1, 0.15) is 19.3 Å². The Labute approximate surface area is 128 Å². The highest BCUT2D eigenvalue weighted by atomic mass is 32.2. The first-order chi connectivity index (χ1) is 10.5. The zero-order chi connectivity index (χ0) is 16.0. The molecule has 1 aromatic rings. The predicted molar refractivity (Wildman–Crippen MR) is 76.0 cm³/mol. The van der Waals surface area contributed by atoms with E-state index in [4.69, 9.17) is 9.47 Å². The second kappa shape index (κ2) is 7.96. The van der Waals surface area contributed by atoms with Gasteiger partial charge in [-0.25, -0.2) is 21.9 Å². The molecule has 0 saturated carbocycles. The van der Waals surface area contributed by atoms with E-state index in [0.717, 1.165) is 31.6 Å². The molecule has 2 rings (SSSR count). The van der Waals surface area contributed by atoms with Crippen molar-refractivity contribution in [2.24, 2.45) is 0 Å². The van der Waals surface area contributed by atoms with E-state index in [-0.39, 0.29) is 12.6 Å². The maximum atomic E-state index is 13.0. The molecule has 1 aliphatic heterocycles. The van der Waals surface area contributed by atoms with Crippen LogP contribution in [0.15, 0.2) is 23.1 Å². The van der Waals surface area contributed by atoms with E-state index >= 15 is 0 Å². The van der Waals surface area contributed by atoms with Crippen molar-refractivity contribution >= 4 is 10.0 Å². The molecule has 0 amide bonds. The van der Waals surface area contributed by atoms with Gasteiger partial charge in [-0.1, -0.05) is 0 Å². The number of halogens is 2. The highest BCUT2D eigenvalue weighted by Crippen LogP contribution is 2.14.